The number of imide groups is 1. The van der Waals surface area contributed by atoms with E-state index in [9.17, 15) is 23.6 Å². The molecule has 182 valence electrons. The number of hydrogen-bond acceptors (Lipinski definition) is 5. The fourth-order valence-corrected chi connectivity index (χ4v) is 3.95. The quantitative estimate of drug-likeness (QED) is 0.383. The summed E-state index contributed by atoms with van der Waals surface area (Å²) in [4.78, 5) is 56.4. The van der Waals surface area contributed by atoms with E-state index in [1.165, 1.54) is 36.5 Å². The van der Waals surface area contributed by atoms with E-state index in [1.54, 1.807) is 12.1 Å². The van der Waals surface area contributed by atoms with Crippen LogP contribution in [0.2, 0.25) is 0 Å². The third-order valence-corrected chi connectivity index (χ3v) is 5.79. The molecule has 9 heteroatoms. The van der Waals surface area contributed by atoms with Gasteiger partial charge in [-0.15, -0.1) is 0 Å². The van der Waals surface area contributed by atoms with Crippen molar-refractivity contribution < 1.29 is 23.6 Å². The molecule has 0 fully saturated rings. The maximum absolute atomic E-state index is 14.0. The maximum atomic E-state index is 14.0. The Hall–Kier alpha value is -5.18. The molecule has 2 heterocycles. The summed E-state index contributed by atoms with van der Waals surface area (Å²) in [5, 5.41) is 5.17. The molecule has 0 saturated heterocycles. The number of nitrogens with one attached hydrogen (secondary N) is 2. The topological polar surface area (TPSA) is 108 Å². The Morgan fingerprint density at radius 1 is 0.757 bits per heavy atom. The molecule has 0 radical (unpaired) electrons. The highest BCUT2D eigenvalue weighted by Gasteiger charge is 2.36. The van der Waals surface area contributed by atoms with Gasteiger partial charge in [-0.3, -0.25) is 29.1 Å². The molecule has 1 aliphatic rings. The van der Waals surface area contributed by atoms with Crippen molar-refractivity contribution in [3.05, 3.63) is 125 Å². The van der Waals surface area contributed by atoms with Gasteiger partial charge in [-0.25, -0.2) is 4.39 Å². The Bertz CT molecular complexity index is 1540. The number of halogens is 1. The van der Waals surface area contributed by atoms with E-state index >= 15 is 0 Å². The first-order chi connectivity index (χ1) is 17.9. The summed E-state index contributed by atoms with van der Waals surface area (Å²) in [6, 6.07) is 21.6. The lowest BCUT2D eigenvalue weighted by Gasteiger charge is -2.13. The van der Waals surface area contributed by atoms with Crippen LogP contribution in [0.5, 0.6) is 0 Å². The molecule has 37 heavy (non-hydrogen) atoms. The number of carbonyl (C=O) groups excluding carboxylic acids is 4. The number of amides is 4. The monoisotopic (exact) mass is 494 g/mol. The minimum absolute atomic E-state index is 0.0166. The highest BCUT2D eigenvalue weighted by Crippen LogP contribution is 2.28. The summed E-state index contributed by atoms with van der Waals surface area (Å²) in [6.07, 6.45) is 1.46. The lowest BCUT2D eigenvalue weighted by molar-refractivity contribution is 0.0642. The van der Waals surface area contributed by atoms with Crippen LogP contribution in [-0.2, 0) is 6.54 Å². The van der Waals surface area contributed by atoms with E-state index < -0.39 is 29.4 Å². The van der Waals surface area contributed by atoms with Crippen molar-refractivity contribution >= 4 is 35.0 Å². The first kappa shape index (κ1) is 23.6. The number of nitrogens with zero attached hydrogens (tertiary/aromatic N) is 2. The number of fused-ring (bicyclic) bond motifs is 1. The van der Waals surface area contributed by atoms with Gasteiger partial charge in [0.05, 0.1) is 29.0 Å². The summed E-state index contributed by atoms with van der Waals surface area (Å²) in [5.74, 6) is -2.77. The zero-order chi connectivity index (χ0) is 25.9. The van der Waals surface area contributed by atoms with Crippen LogP contribution < -0.4 is 10.6 Å². The van der Waals surface area contributed by atoms with Crippen LogP contribution >= 0.6 is 0 Å². The lowest BCUT2D eigenvalue weighted by atomic mass is 10.1. The molecular formula is C28H19FN4O4. The Morgan fingerprint density at radius 3 is 2.24 bits per heavy atom. The first-order valence-corrected chi connectivity index (χ1v) is 11.3. The van der Waals surface area contributed by atoms with Crippen LogP contribution in [0.15, 0.2) is 91.1 Å². The predicted molar refractivity (Wildman–Crippen MR) is 134 cm³/mol. The number of aromatic nitrogens is 1. The molecule has 4 amide bonds. The van der Waals surface area contributed by atoms with Gasteiger partial charge in [0.1, 0.15) is 11.5 Å². The number of hydrogen-bond donors (Lipinski definition) is 2. The van der Waals surface area contributed by atoms with Gasteiger partial charge in [0, 0.05) is 11.8 Å². The van der Waals surface area contributed by atoms with Crippen LogP contribution in [-0.4, -0.2) is 33.5 Å². The fraction of sp³-hybridized carbons (Fsp3) is 0.0357. The van der Waals surface area contributed by atoms with Gasteiger partial charge >= 0.3 is 0 Å². The van der Waals surface area contributed by atoms with Gasteiger partial charge in [0.2, 0.25) is 0 Å². The summed E-state index contributed by atoms with van der Waals surface area (Å²) in [6.45, 7) is 0.108. The van der Waals surface area contributed by atoms with E-state index in [4.69, 9.17) is 0 Å². The number of pyridine rings is 1. The Labute approximate surface area is 210 Å². The standard InChI is InChI=1S/C28H19FN4O4/c29-19-10-12-22(31-26(35)23-8-4-5-13-30-23)24(15-19)32-25(34)18-9-11-20-21(14-18)28(37)33(27(20)36)16-17-6-2-1-3-7-17/h1-15H,16H2,(H,31,35)(H,32,34). The van der Waals surface area contributed by atoms with E-state index in [2.05, 4.69) is 15.6 Å². The number of carbonyl (C=O) groups is 4. The molecule has 0 unspecified atom stereocenters. The third-order valence-electron chi connectivity index (χ3n) is 5.79. The van der Waals surface area contributed by atoms with Gasteiger partial charge in [0.25, 0.3) is 23.6 Å². The van der Waals surface area contributed by atoms with Gasteiger partial charge in [0.15, 0.2) is 0 Å². The lowest BCUT2D eigenvalue weighted by Crippen LogP contribution is -2.29. The minimum atomic E-state index is -0.650. The van der Waals surface area contributed by atoms with Gasteiger partial charge in [-0.05, 0) is 54.1 Å². The Balaban J connectivity index is 1.36. The molecular weight excluding hydrogens is 475 g/mol. The van der Waals surface area contributed by atoms with Crippen molar-refractivity contribution in [2.45, 2.75) is 6.54 Å². The largest absolute Gasteiger partial charge is 0.320 e. The number of rotatable bonds is 6. The summed E-state index contributed by atoms with van der Waals surface area (Å²) >= 11 is 0. The first-order valence-electron chi connectivity index (χ1n) is 11.3. The van der Waals surface area contributed by atoms with Crippen molar-refractivity contribution in [1.29, 1.82) is 0 Å². The second-order valence-corrected chi connectivity index (χ2v) is 8.26. The van der Waals surface area contributed by atoms with Crippen LogP contribution in [0.25, 0.3) is 0 Å². The zero-order valence-electron chi connectivity index (χ0n) is 19.3. The second kappa shape index (κ2) is 9.82. The highest BCUT2D eigenvalue weighted by molar-refractivity contribution is 6.22. The van der Waals surface area contributed by atoms with E-state index in [0.29, 0.717) is 0 Å². The predicted octanol–water partition coefficient (Wildman–Crippen LogP) is 4.52. The molecule has 8 nitrogen and oxygen atoms in total. The molecule has 0 spiro atoms. The summed E-state index contributed by atoms with van der Waals surface area (Å²) in [5.41, 5.74) is 1.51. The second-order valence-electron chi connectivity index (χ2n) is 8.26. The number of anilines is 2. The zero-order valence-corrected chi connectivity index (χ0v) is 19.3. The van der Waals surface area contributed by atoms with Crippen molar-refractivity contribution in [3.8, 4) is 0 Å². The molecule has 1 aliphatic heterocycles. The Morgan fingerprint density at radius 2 is 1.49 bits per heavy atom. The van der Waals surface area contributed by atoms with Crippen molar-refractivity contribution in [3.63, 3.8) is 0 Å². The average Bonchev–Trinajstić information content (AvgIpc) is 3.15. The molecule has 0 aliphatic carbocycles. The SMILES string of the molecule is O=C(Nc1cc(F)ccc1NC(=O)c1ccccn1)c1ccc2c(c1)C(=O)N(Cc1ccccc1)C2=O. The smallest absolute Gasteiger partial charge is 0.274 e. The molecule has 0 atom stereocenters. The minimum Gasteiger partial charge on any atom is -0.320 e. The van der Waals surface area contributed by atoms with Crippen molar-refractivity contribution in [1.82, 2.24) is 9.88 Å². The van der Waals surface area contributed by atoms with Gasteiger partial charge in [-0.1, -0.05) is 36.4 Å². The molecule has 4 aromatic rings. The van der Waals surface area contributed by atoms with Gasteiger partial charge in [-0.2, -0.15) is 0 Å². The molecule has 0 saturated carbocycles. The fourth-order valence-electron chi connectivity index (χ4n) is 3.95. The molecule has 1 aromatic heterocycles. The van der Waals surface area contributed by atoms with Crippen LogP contribution in [0.4, 0.5) is 15.8 Å². The molecule has 3 aromatic carbocycles. The van der Waals surface area contributed by atoms with E-state index in [-0.39, 0.29) is 40.3 Å². The number of benzene rings is 3. The molecule has 2 N–H and O–H groups in total. The van der Waals surface area contributed by atoms with Crippen LogP contribution in [0, 0.1) is 5.82 Å². The van der Waals surface area contributed by atoms with E-state index in [1.807, 2.05) is 30.3 Å². The van der Waals surface area contributed by atoms with Crippen molar-refractivity contribution in [2.75, 3.05) is 10.6 Å². The van der Waals surface area contributed by atoms with Crippen molar-refractivity contribution in [2.24, 2.45) is 0 Å². The van der Waals surface area contributed by atoms with Crippen LogP contribution in [0.3, 0.4) is 0 Å². The van der Waals surface area contributed by atoms with E-state index in [0.717, 1.165) is 22.6 Å². The summed E-state index contributed by atoms with van der Waals surface area (Å²) < 4.78 is 14.0. The average molecular weight is 494 g/mol. The maximum Gasteiger partial charge on any atom is 0.274 e. The molecule has 5 rings (SSSR count). The van der Waals surface area contributed by atoms with Crippen LogP contribution in [0.1, 0.15) is 47.1 Å². The Kier molecular flexibility index (Phi) is 6.25. The molecule has 0 bridgehead atoms. The summed E-state index contributed by atoms with van der Waals surface area (Å²) in [7, 11) is 0. The normalized spacial score (nSPS) is 12.3. The van der Waals surface area contributed by atoms with Gasteiger partial charge < -0.3 is 10.6 Å². The highest BCUT2D eigenvalue weighted by atomic mass is 19.1. The third kappa shape index (κ3) is 4.83.